The van der Waals surface area contributed by atoms with E-state index in [9.17, 15) is 24.3 Å². The summed E-state index contributed by atoms with van der Waals surface area (Å²) in [5.74, 6) is -2.05. The molecule has 3 N–H and O–H groups in total. The van der Waals surface area contributed by atoms with E-state index in [1.807, 2.05) is 13.8 Å². The van der Waals surface area contributed by atoms with Crippen LogP contribution >= 0.6 is 35.0 Å². The van der Waals surface area contributed by atoms with Gasteiger partial charge in [-0.25, -0.2) is 9.59 Å². The first-order valence-electron chi connectivity index (χ1n) is 12.1. The zero-order chi connectivity index (χ0) is 29.1. The number of carboxylic acid groups (broad SMARTS) is 1. The molecule has 3 amide bonds. The van der Waals surface area contributed by atoms with Crippen LogP contribution in [-0.2, 0) is 20.7 Å². The molecule has 1 fully saturated rings. The topological polar surface area (TPSA) is 125 Å². The van der Waals surface area contributed by atoms with Gasteiger partial charge in [-0.1, -0.05) is 41.4 Å². The number of carboxylic acids is 1. The Labute approximate surface area is 241 Å². The van der Waals surface area contributed by atoms with Crippen LogP contribution in [0.15, 0.2) is 42.5 Å². The van der Waals surface area contributed by atoms with E-state index in [4.69, 9.17) is 27.9 Å². The highest BCUT2D eigenvalue weighted by Gasteiger charge is 2.49. The van der Waals surface area contributed by atoms with Gasteiger partial charge < -0.3 is 20.5 Å². The molecule has 0 spiro atoms. The summed E-state index contributed by atoms with van der Waals surface area (Å²) in [6.07, 6.45) is -0.651. The average molecular weight is 597 g/mol. The van der Waals surface area contributed by atoms with Crippen molar-refractivity contribution in [1.82, 2.24) is 10.2 Å². The van der Waals surface area contributed by atoms with Gasteiger partial charge in [0.1, 0.15) is 17.7 Å². The van der Waals surface area contributed by atoms with Gasteiger partial charge in [-0.05, 0) is 64.4 Å². The predicted octanol–water partition coefficient (Wildman–Crippen LogP) is 5.45. The summed E-state index contributed by atoms with van der Waals surface area (Å²) in [7, 11) is 0. The van der Waals surface area contributed by atoms with Gasteiger partial charge in [0.25, 0.3) is 5.91 Å². The molecule has 0 aliphatic carbocycles. The highest BCUT2D eigenvalue weighted by atomic mass is 35.5. The summed E-state index contributed by atoms with van der Waals surface area (Å²) >= 11 is 13.6. The van der Waals surface area contributed by atoms with Crippen LogP contribution in [0.3, 0.4) is 0 Å². The van der Waals surface area contributed by atoms with Crippen molar-refractivity contribution in [2.75, 3.05) is 11.2 Å². The number of nitrogens with one attached hydrogen (secondary N) is 2. The average Bonchev–Trinajstić information content (AvgIpc) is 3.13. The molecule has 1 heterocycles. The summed E-state index contributed by atoms with van der Waals surface area (Å²) in [6, 6.07) is 9.10. The van der Waals surface area contributed by atoms with Crippen molar-refractivity contribution in [2.45, 2.75) is 63.5 Å². The monoisotopic (exact) mass is 595 g/mol. The van der Waals surface area contributed by atoms with Crippen LogP contribution in [0, 0.1) is 0 Å². The lowest BCUT2D eigenvalue weighted by Gasteiger charge is -2.32. The smallest absolute Gasteiger partial charge is 0.411 e. The second kappa shape index (κ2) is 12.1. The number of hydrogen-bond acceptors (Lipinski definition) is 6. The van der Waals surface area contributed by atoms with E-state index in [2.05, 4.69) is 10.6 Å². The molecule has 0 unspecified atom stereocenters. The van der Waals surface area contributed by atoms with Crippen LogP contribution in [-0.4, -0.2) is 62.2 Å². The van der Waals surface area contributed by atoms with Crippen molar-refractivity contribution in [3.05, 3.63) is 63.6 Å². The Kier molecular flexibility index (Phi) is 9.46. The number of rotatable bonds is 7. The fraction of sp³-hybridized carbons (Fsp3) is 0.407. The molecule has 0 bridgehead atoms. The van der Waals surface area contributed by atoms with Crippen molar-refractivity contribution in [3.63, 3.8) is 0 Å². The van der Waals surface area contributed by atoms with Gasteiger partial charge in [-0.15, -0.1) is 11.8 Å². The molecule has 0 aromatic heterocycles. The Morgan fingerprint density at radius 1 is 1.10 bits per heavy atom. The fourth-order valence-corrected chi connectivity index (χ4v) is 5.71. The van der Waals surface area contributed by atoms with E-state index >= 15 is 0 Å². The Morgan fingerprint density at radius 2 is 1.69 bits per heavy atom. The maximum atomic E-state index is 13.3. The third kappa shape index (κ3) is 7.80. The Balaban J connectivity index is 1.70. The Bertz CT molecular complexity index is 1240. The maximum Gasteiger partial charge on any atom is 0.411 e. The molecule has 2 atom stereocenters. The molecule has 0 radical (unpaired) electrons. The third-order valence-electron chi connectivity index (χ3n) is 5.88. The molecule has 3 rings (SSSR count). The van der Waals surface area contributed by atoms with Crippen molar-refractivity contribution >= 4 is 64.5 Å². The van der Waals surface area contributed by atoms with E-state index in [0.717, 1.165) is 0 Å². The van der Waals surface area contributed by atoms with Crippen molar-refractivity contribution in [1.29, 1.82) is 0 Å². The van der Waals surface area contributed by atoms with Gasteiger partial charge >= 0.3 is 12.1 Å². The number of amides is 3. The van der Waals surface area contributed by atoms with Gasteiger partial charge in [-0.2, -0.15) is 0 Å². The van der Waals surface area contributed by atoms with E-state index in [1.165, 1.54) is 16.7 Å². The predicted molar refractivity (Wildman–Crippen MR) is 153 cm³/mol. The maximum absolute atomic E-state index is 13.3. The van der Waals surface area contributed by atoms with Crippen LogP contribution < -0.4 is 10.6 Å². The lowest BCUT2D eigenvalue weighted by Crippen LogP contribution is -2.57. The van der Waals surface area contributed by atoms with Crippen LogP contribution in [0.2, 0.25) is 10.0 Å². The zero-order valence-electron chi connectivity index (χ0n) is 22.2. The van der Waals surface area contributed by atoms with Crippen molar-refractivity contribution < 1.29 is 29.0 Å². The zero-order valence-corrected chi connectivity index (χ0v) is 24.5. The second-order valence-electron chi connectivity index (χ2n) is 10.6. The molecule has 1 aliphatic heterocycles. The third-order valence-corrected chi connectivity index (χ3v) is 7.88. The first kappa shape index (κ1) is 30.6. The van der Waals surface area contributed by atoms with E-state index < -0.39 is 46.3 Å². The minimum atomic E-state index is -1.25. The van der Waals surface area contributed by atoms with Gasteiger partial charge in [0.15, 0.2) is 0 Å². The number of benzene rings is 2. The lowest BCUT2D eigenvalue weighted by atomic mass is 9.99. The number of aliphatic carboxylic acids is 1. The fourth-order valence-electron chi connectivity index (χ4n) is 4.02. The Hall–Kier alpha value is -2.95. The molecule has 12 heteroatoms. The summed E-state index contributed by atoms with van der Waals surface area (Å²) in [5, 5.41) is 15.6. The number of carbonyl (C=O) groups excluding carboxylic acids is 3. The largest absolute Gasteiger partial charge is 0.480 e. The number of nitrogens with zero attached hydrogens (tertiary/aromatic N) is 1. The number of halogens is 2. The molecule has 1 aliphatic rings. The molecule has 9 nitrogen and oxygen atoms in total. The standard InChI is InChI=1S/C27H31Cl2N3O6S/c1-26(2,3)38-25(37)32-14-39-27(4,5)21(32)23(34)31-19(24(35)36)13-15-9-11-16(12-10-15)30-22(33)20-17(28)7-6-8-18(20)29/h6-12,19,21H,13-14H2,1-5H3,(H,30,33)(H,31,34)(H,35,36)/t19-,21-/m0/s1. The Morgan fingerprint density at radius 3 is 2.23 bits per heavy atom. The van der Waals surface area contributed by atoms with Gasteiger partial charge in [0.2, 0.25) is 5.91 Å². The minimum absolute atomic E-state index is 0.0155. The first-order valence-corrected chi connectivity index (χ1v) is 13.8. The van der Waals surface area contributed by atoms with Crippen LogP contribution in [0.1, 0.15) is 50.5 Å². The van der Waals surface area contributed by atoms with E-state index in [0.29, 0.717) is 11.3 Å². The van der Waals surface area contributed by atoms with Gasteiger partial charge in [0.05, 0.1) is 21.5 Å². The normalized spacial score (nSPS) is 17.3. The minimum Gasteiger partial charge on any atom is -0.480 e. The van der Waals surface area contributed by atoms with Crippen molar-refractivity contribution in [2.24, 2.45) is 0 Å². The van der Waals surface area contributed by atoms with Gasteiger partial charge in [-0.3, -0.25) is 14.5 Å². The van der Waals surface area contributed by atoms with E-state index in [-0.39, 0.29) is 27.9 Å². The number of carbonyl (C=O) groups is 4. The summed E-state index contributed by atoms with van der Waals surface area (Å²) in [6.45, 7) is 8.85. The molecule has 39 heavy (non-hydrogen) atoms. The van der Waals surface area contributed by atoms with E-state index in [1.54, 1.807) is 63.2 Å². The van der Waals surface area contributed by atoms with Crippen LogP contribution in [0.4, 0.5) is 10.5 Å². The quantitative estimate of drug-likeness (QED) is 0.389. The summed E-state index contributed by atoms with van der Waals surface area (Å²) < 4.78 is 4.80. The molecule has 210 valence electrons. The number of thioether (sulfide) groups is 1. The summed E-state index contributed by atoms with van der Waals surface area (Å²) in [5.41, 5.74) is 0.463. The molecular weight excluding hydrogens is 565 g/mol. The first-order chi connectivity index (χ1) is 18.1. The van der Waals surface area contributed by atoms with Crippen LogP contribution in [0.25, 0.3) is 0 Å². The SMILES string of the molecule is CC(C)(C)OC(=O)N1CSC(C)(C)[C@@H]1C(=O)N[C@@H](Cc1ccc(NC(=O)c2c(Cl)cccc2Cl)cc1)C(=O)O. The molecule has 2 aromatic carbocycles. The highest BCUT2D eigenvalue weighted by Crippen LogP contribution is 2.40. The van der Waals surface area contributed by atoms with Crippen molar-refractivity contribution in [3.8, 4) is 0 Å². The second-order valence-corrected chi connectivity index (χ2v) is 13.0. The van der Waals surface area contributed by atoms with Crippen LogP contribution in [0.5, 0.6) is 0 Å². The van der Waals surface area contributed by atoms with Gasteiger partial charge in [0, 0.05) is 16.9 Å². The number of ether oxygens (including phenoxy) is 1. The number of hydrogen-bond donors (Lipinski definition) is 3. The molecule has 0 saturated carbocycles. The lowest BCUT2D eigenvalue weighted by molar-refractivity contribution is -0.142. The molecule has 1 saturated heterocycles. The molecule has 2 aromatic rings. The number of anilines is 1. The highest BCUT2D eigenvalue weighted by molar-refractivity contribution is 8.00. The summed E-state index contributed by atoms with van der Waals surface area (Å²) in [4.78, 5) is 52.1. The molecular formula is C27H31Cl2N3O6S.